The molecule has 0 bridgehead atoms. The highest BCUT2D eigenvalue weighted by Gasteiger charge is 2.27. The van der Waals surface area contributed by atoms with Gasteiger partial charge in [-0.2, -0.15) is 16.1 Å². The van der Waals surface area contributed by atoms with Crippen LogP contribution in [-0.4, -0.2) is 42.3 Å². The van der Waals surface area contributed by atoms with Crippen molar-refractivity contribution >= 4 is 33.4 Å². The van der Waals surface area contributed by atoms with Crippen LogP contribution in [0.2, 0.25) is 5.15 Å². The summed E-state index contributed by atoms with van der Waals surface area (Å²) in [6.45, 7) is 1.17. The Kier molecular flexibility index (Phi) is 5.11. The van der Waals surface area contributed by atoms with Gasteiger partial charge in [-0.15, -0.1) is 0 Å². The summed E-state index contributed by atoms with van der Waals surface area (Å²) < 4.78 is 26.5. The summed E-state index contributed by atoms with van der Waals surface area (Å²) in [4.78, 5) is 4.07. The lowest BCUT2D eigenvalue weighted by atomic mass is 10.2. The second kappa shape index (κ2) is 6.43. The lowest BCUT2D eigenvalue weighted by molar-refractivity contribution is 0.424. The summed E-state index contributed by atoms with van der Waals surface area (Å²) >= 11 is 7.51. The zero-order valence-corrected chi connectivity index (χ0v) is 13.1. The van der Waals surface area contributed by atoms with Gasteiger partial charge < -0.3 is 0 Å². The smallest absolute Gasteiger partial charge is 0.243 e. The van der Waals surface area contributed by atoms with E-state index in [-0.39, 0.29) is 4.90 Å². The minimum atomic E-state index is -3.43. The quantitative estimate of drug-likeness (QED) is 0.803. The van der Waals surface area contributed by atoms with Crippen LogP contribution in [0.4, 0.5) is 0 Å². The van der Waals surface area contributed by atoms with E-state index in [1.165, 1.54) is 18.3 Å². The Balaban J connectivity index is 2.17. The van der Waals surface area contributed by atoms with Crippen LogP contribution in [0.15, 0.2) is 23.2 Å². The first kappa shape index (κ1) is 15.1. The van der Waals surface area contributed by atoms with Gasteiger partial charge in [-0.05, 0) is 37.7 Å². The maximum Gasteiger partial charge on any atom is 0.244 e. The highest BCUT2D eigenvalue weighted by Crippen LogP contribution is 2.25. The predicted molar refractivity (Wildman–Crippen MR) is 79.2 cm³/mol. The maximum absolute atomic E-state index is 12.5. The van der Waals surface area contributed by atoms with E-state index in [9.17, 15) is 8.42 Å². The van der Waals surface area contributed by atoms with Crippen LogP contribution in [0.5, 0.6) is 0 Å². The maximum atomic E-state index is 12.5. The molecule has 0 amide bonds. The molecule has 0 spiro atoms. The number of rotatable bonds is 3. The van der Waals surface area contributed by atoms with Crippen molar-refractivity contribution in [2.45, 2.75) is 29.4 Å². The van der Waals surface area contributed by atoms with Gasteiger partial charge in [0.2, 0.25) is 10.0 Å². The van der Waals surface area contributed by atoms with Gasteiger partial charge in [0.05, 0.1) is 0 Å². The van der Waals surface area contributed by atoms with Crippen LogP contribution in [0, 0.1) is 0 Å². The molecule has 0 aromatic carbocycles. The van der Waals surface area contributed by atoms with E-state index < -0.39 is 10.0 Å². The molecule has 1 saturated heterocycles. The minimum absolute atomic E-state index is 0.222. The average Bonchev–Trinajstić information content (AvgIpc) is 2.65. The molecule has 0 radical (unpaired) electrons. The van der Waals surface area contributed by atoms with E-state index in [1.807, 2.05) is 11.8 Å². The molecular formula is C12H17ClN2O2S2. The molecule has 2 rings (SSSR count). The molecule has 0 saturated carbocycles. The van der Waals surface area contributed by atoms with E-state index in [1.54, 1.807) is 4.31 Å². The first-order chi connectivity index (χ1) is 9.04. The van der Waals surface area contributed by atoms with Gasteiger partial charge in [-0.3, -0.25) is 0 Å². The second-order valence-electron chi connectivity index (χ2n) is 4.51. The first-order valence-electron chi connectivity index (χ1n) is 6.18. The monoisotopic (exact) mass is 320 g/mol. The Morgan fingerprint density at radius 1 is 1.37 bits per heavy atom. The summed E-state index contributed by atoms with van der Waals surface area (Å²) in [6.07, 6.45) is 6.30. The van der Waals surface area contributed by atoms with Gasteiger partial charge in [0.25, 0.3) is 0 Å². The van der Waals surface area contributed by atoms with Gasteiger partial charge in [0, 0.05) is 24.5 Å². The molecule has 2 heterocycles. The van der Waals surface area contributed by atoms with E-state index in [4.69, 9.17) is 11.6 Å². The van der Waals surface area contributed by atoms with Crippen molar-refractivity contribution in [2.24, 2.45) is 0 Å². The molecular weight excluding hydrogens is 304 g/mol. The third kappa shape index (κ3) is 3.62. The van der Waals surface area contributed by atoms with Crippen molar-refractivity contribution in [3.05, 3.63) is 23.5 Å². The Morgan fingerprint density at radius 3 is 2.79 bits per heavy atom. The highest BCUT2D eigenvalue weighted by atomic mass is 35.5. The fourth-order valence-electron chi connectivity index (χ4n) is 2.18. The van der Waals surface area contributed by atoms with Gasteiger partial charge in [0.15, 0.2) is 0 Å². The van der Waals surface area contributed by atoms with Crippen LogP contribution < -0.4 is 0 Å². The van der Waals surface area contributed by atoms with Crippen molar-refractivity contribution in [1.82, 2.24) is 9.29 Å². The fourth-order valence-corrected chi connectivity index (χ4v) is 4.47. The molecule has 1 aliphatic heterocycles. The molecule has 0 N–H and O–H groups in total. The Morgan fingerprint density at radius 2 is 2.16 bits per heavy atom. The lowest BCUT2D eigenvalue weighted by Gasteiger charge is -2.19. The van der Waals surface area contributed by atoms with E-state index in [2.05, 4.69) is 11.2 Å². The lowest BCUT2D eigenvalue weighted by Crippen LogP contribution is -2.32. The fraction of sp³-hybridized carbons (Fsp3) is 0.583. The molecule has 1 unspecified atom stereocenters. The molecule has 7 heteroatoms. The van der Waals surface area contributed by atoms with Crippen molar-refractivity contribution in [3.63, 3.8) is 0 Å². The molecule has 1 aromatic rings. The summed E-state index contributed by atoms with van der Waals surface area (Å²) in [7, 11) is -3.43. The number of pyridine rings is 1. The molecule has 4 nitrogen and oxygen atoms in total. The Labute approximate surface area is 123 Å². The standard InChI is InChI=1S/C12H17ClN2O2S2/c1-18-10-3-2-7-15(8-6-10)19(16,17)11-4-5-12(13)14-9-11/h4-5,9-10H,2-3,6-8H2,1H3. The number of aromatic nitrogens is 1. The van der Waals surface area contributed by atoms with Crippen LogP contribution in [-0.2, 0) is 10.0 Å². The van der Waals surface area contributed by atoms with Crippen LogP contribution in [0.3, 0.4) is 0 Å². The van der Waals surface area contributed by atoms with E-state index >= 15 is 0 Å². The van der Waals surface area contributed by atoms with Crippen molar-refractivity contribution in [3.8, 4) is 0 Å². The van der Waals surface area contributed by atoms with Gasteiger partial charge in [-0.25, -0.2) is 13.4 Å². The third-order valence-corrected chi connectivity index (χ3v) is 6.55. The number of thioether (sulfide) groups is 1. The average molecular weight is 321 g/mol. The number of nitrogens with zero attached hydrogens (tertiary/aromatic N) is 2. The molecule has 106 valence electrons. The summed E-state index contributed by atoms with van der Waals surface area (Å²) in [5.74, 6) is 0. The van der Waals surface area contributed by atoms with Crippen LogP contribution in [0.25, 0.3) is 0 Å². The third-order valence-electron chi connectivity index (χ3n) is 3.31. The van der Waals surface area contributed by atoms with Crippen molar-refractivity contribution in [1.29, 1.82) is 0 Å². The van der Waals surface area contributed by atoms with E-state index in [0.717, 1.165) is 19.3 Å². The predicted octanol–water partition coefficient (Wildman–Crippen LogP) is 2.64. The number of hydrogen-bond acceptors (Lipinski definition) is 4. The number of hydrogen-bond donors (Lipinski definition) is 0. The SMILES string of the molecule is CSC1CCCN(S(=O)(=O)c2ccc(Cl)nc2)CC1. The van der Waals surface area contributed by atoms with Gasteiger partial charge in [0.1, 0.15) is 10.0 Å². The van der Waals surface area contributed by atoms with Gasteiger partial charge >= 0.3 is 0 Å². The normalized spacial score (nSPS) is 22.1. The molecule has 1 fully saturated rings. The molecule has 19 heavy (non-hydrogen) atoms. The van der Waals surface area contributed by atoms with Crippen molar-refractivity contribution < 1.29 is 8.42 Å². The second-order valence-corrected chi connectivity index (χ2v) is 7.97. The van der Waals surface area contributed by atoms with Gasteiger partial charge in [-0.1, -0.05) is 11.6 Å². The summed E-state index contributed by atoms with van der Waals surface area (Å²) in [6, 6.07) is 3.03. The topological polar surface area (TPSA) is 50.3 Å². The highest BCUT2D eigenvalue weighted by molar-refractivity contribution is 7.99. The Hall–Kier alpha value is -0.300. The van der Waals surface area contributed by atoms with Crippen LogP contribution in [0.1, 0.15) is 19.3 Å². The first-order valence-corrected chi connectivity index (χ1v) is 9.29. The van der Waals surface area contributed by atoms with E-state index in [0.29, 0.717) is 23.5 Å². The zero-order chi connectivity index (χ0) is 13.9. The molecule has 1 aromatic heterocycles. The van der Waals surface area contributed by atoms with Crippen LogP contribution >= 0.6 is 23.4 Å². The molecule has 0 aliphatic carbocycles. The minimum Gasteiger partial charge on any atom is -0.243 e. The molecule has 1 aliphatic rings. The molecule has 1 atom stereocenters. The summed E-state index contributed by atoms with van der Waals surface area (Å²) in [5.41, 5.74) is 0. The number of sulfonamides is 1. The Bertz CT molecular complexity index is 519. The summed E-state index contributed by atoms with van der Waals surface area (Å²) in [5, 5.41) is 0.862. The zero-order valence-electron chi connectivity index (χ0n) is 10.8. The van der Waals surface area contributed by atoms with Crippen molar-refractivity contribution in [2.75, 3.05) is 19.3 Å². The number of halogens is 1. The largest absolute Gasteiger partial charge is 0.244 e.